The third-order valence-electron chi connectivity index (χ3n) is 4.09. The maximum absolute atomic E-state index is 12.0. The second-order valence-corrected chi connectivity index (χ2v) is 6.09. The van der Waals surface area contributed by atoms with E-state index in [0.29, 0.717) is 18.4 Å². The third-order valence-corrected chi connectivity index (χ3v) is 4.09. The Kier molecular flexibility index (Phi) is 8.86. The van der Waals surface area contributed by atoms with Gasteiger partial charge in [-0.2, -0.15) is 0 Å². The Bertz CT molecular complexity index is 264. The highest BCUT2D eigenvalue weighted by Crippen LogP contribution is 2.10. The molecule has 1 rings (SSSR count). The van der Waals surface area contributed by atoms with Crippen LogP contribution in [-0.2, 0) is 4.79 Å². The first-order valence-electron chi connectivity index (χ1n) is 8.39. The average molecular weight is 283 g/mol. The van der Waals surface area contributed by atoms with Crippen LogP contribution in [0.1, 0.15) is 52.9 Å². The van der Waals surface area contributed by atoms with Crippen molar-refractivity contribution in [3.63, 3.8) is 0 Å². The quantitative estimate of drug-likeness (QED) is 0.680. The van der Waals surface area contributed by atoms with Crippen molar-refractivity contribution in [3.05, 3.63) is 0 Å². The standard InChI is InChI=1S/C16H33N3O/c1-4-10-19(11-5-2)12-6-7-16(20)18-15-8-9-17-13-14(15)3/h14-15,17H,4-13H2,1-3H3,(H,18,20). The van der Waals surface area contributed by atoms with Crippen LogP contribution in [0.4, 0.5) is 0 Å². The van der Waals surface area contributed by atoms with Crippen molar-refractivity contribution >= 4 is 5.91 Å². The fourth-order valence-electron chi connectivity index (χ4n) is 2.94. The molecule has 0 radical (unpaired) electrons. The van der Waals surface area contributed by atoms with Crippen LogP contribution < -0.4 is 10.6 Å². The lowest BCUT2D eigenvalue weighted by atomic mass is 9.95. The van der Waals surface area contributed by atoms with E-state index in [1.807, 2.05) is 0 Å². The highest BCUT2D eigenvalue weighted by molar-refractivity contribution is 5.76. The molecule has 2 N–H and O–H groups in total. The van der Waals surface area contributed by atoms with Gasteiger partial charge in [0.25, 0.3) is 0 Å². The van der Waals surface area contributed by atoms with Gasteiger partial charge in [0.05, 0.1) is 0 Å². The largest absolute Gasteiger partial charge is 0.353 e. The van der Waals surface area contributed by atoms with E-state index in [0.717, 1.165) is 45.6 Å². The molecule has 0 aromatic rings. The lowest BCUT2D eigenvalue weighted by Crippen LogP contribution is -2.48. The highest BCUT2D eigenvalue weighted by atomic mass is 16.1. The zero-order valence-electron chi connectivity index (χ0n) is 13.6. The van der Waals surface area contributed by atoms with Gasteiger partial charge in [-0.1, -0.05) is 20.8 Å². The van der Waals surface area contributed by atoms with Crippen molar-refractivity contribution in [2.24, 2.45) is 5.92 Å². The molecular weight excluding hydrogens is 250 g/mol. The number of nitrogens with one attached hydrogen (secondary N) is 2. The number of amides is 1. The Morgan fingerprint density at radius 3 is 2.55 bits per heavy atom. The molecular formula is C16H33N3O. The second kappa shape index (κ2) is 10.2. The van der Waals surface area contributed by atoms with Crippen molar-refractivity contribution in [3.8, 4) is 0 Å². The van der Waals surface area contributed by atoms with E-state index in [1.54, 1.807) is 0 Å². The Labute approximate surface area is 124 Å². The van der Waals surface area contributed by atoms with E-state index >= 15 is 0 Å². The molecule has 20 heavy (non-hydrogen) atoms. The summed E-state index contributed by atoms with van der Waals surface area (Å²) in [4.78, 5) is 14.5. The van der Waals surface area contributed by atoms with Crippen LogP contribution in [0.3, 0.4) is 0 Å². The minimum absolute atomic E-state index is 0.233. The summed E-state index contributed by atoms with van der Waals surface area (Å²) in [5.41, 5.74) is 0. The fourth-order valence-corrected chi connectivity index (χ4v) is 2.94. The van der Waals surface area contributed by atoms with Gasteiger partial charge in [-0.3, -0.25) is 4.79 Å². The van der Waals surface area contributed by atoms with Crippen molar-refractivity contribution < 1.29 is 4.79 Å². The number of carbonyl (C=O) groups is 1. The lowest BCUT2D eigenvalue weighted by Gasteiger charge is -2.30. The van der Waals surface area contributed by atoms with E-state index in [9.17, 15) is 4.79 Å². The summed E-state index contributed by atoms with van der Waals surface area (Å²) in [6, 6.07) is 0.367. The van der Waals surface area contributed by atoms with Gasteiger partial charge in [-0.05, 0) is 64.3 Å². The molecule has 0 aliphatic carbocycles. The monoisotopic (exact) mass is 283 g/mol. The molecule has 0 aromatic carbocycles. The van der Waals surface area contributed by atoms with Crippen LogP contribution in [0.5, 0.6) is 0 Å². The molecule has 2 atom stereocenters. The van der Waals surface area contributed by atoms with Crippen molar-refractivity contribution in [1.82, 2.24) is 15.5 Å². The van der Waals surface area contributed by atoms with E-state index in [-0.39, 0.29) is 5.91 Å². The summed E-state index contributed by atoms with van der Waals surface area (Å²) in [6.07, 6.45) is 5.09. The van der Waals surface area contributed by atoms with Gasteiger partial charge in [0.15, 0.2) is 0 Å². The number of hydrogen-bond acceptors (Lipinski definition) is 3. The predicted octanol–water partition coefficient (Wildman–Crippen LogP) is 2.00. The molecule has 1 heterocycles. The SMILES string of the molecule is CCCN(CCC)CCCC(=O)NC1CCNCC1C. The van der Waals surface area contributed by atoms with Crippen LogP contribution in [0.2, 0.25) is 0 Å². The molecule has 0 bridgehead atoms. The number of hydrogen-bond donors (Lipinski definition) is 2. The summed E-state index contributed by atoms with van der Waals surface area (Å²) in [5, 5.41) is 6.57. The zero-order chi connectivity index (χ0) is 14.8. The molecule has 118 valence electrons. The first-order valence-corrected chi connectivity index (χ1v) is 8.39. The molecule has 1 aliphatic rings. The Morgan fingerprint density at radius 2 is 1.95 bits per heavy atom. The Morgan fingerprint density at radius 1 is 1.25 bits per heavy atom. The van der Waals surface area contributed by atoms with E-state index in [2.05, 4.69) is 36.3 Å². The van der Waals surface area contributed by atoms with Gasteiger partial charge in [0.2, 0.25) is 5.91 Å². The molecule has 0 saturated carbocycles. The average Bonchev–Trinajstić information content (AvgIpc) is 2.42. The number of carbonyl (C=O) groups excluding carboxylic acids is 1. The van der Waals surface area contributed by atoms with Crippen LogP contribution >= 0.6 is 0 Å². The van der Waals surface area contributed by atoms with Gasteiger partial charge < -0.3 is 15.5 Å². The van der Waals surface area contributed by atoms with Crippen LogP contribution in [-0.4, -0.2) is 49.6 Å². The predicted molar refractivity (Wildman–Crippen MR) is 84.8 cm³/mol. The first kappa shape index (κ1) is 17.4. The van der Waals surface area contributed by atoms with Crippen LogP contribution in [0, 0.1) is 5.92 Å². The Hall–Kier alpha value is -0.610. The summed E-state index contributed by atoms with van der Waals surface area (Å²) in [5.74, 6) is 0.779. The van der Waals surface area contributed by atoms with Crippen LogP contribution in [0.25, 0.3) is 0 Å². The van der Waals surface area contributed by atoms with E-state index in [4.69, 9.17) is 0 Å². The van der Waals surface area contributed by atoms with Crippen molar-refractivity contribution in [1.29, 1.82) is 0 Å². The smallest absolute Gasteiger partial charge is 0.220 e. The van der Waals surface area contributed by atoms with Crippen LogP contribution in [0.15, 0.2) is 0 Å². The molecule has 0 aromatic heterocycles. The molecule has 4 nitrogen and oxygen atoms in total. The first-order chi connectivity index (χ1) is 9.67. The van der Waals surface area contributed by atoms with Gasteiger partial charge >= 0.3 is 0 Å². The van der Waals surface area contributed by atoms with Crippen molar-refractivity contribution in [2.45, 2.75) is 58.9 Å². The number of nitrogens with zero attached hydrogens (tertiary/aromatic N) is 1. The van der Waals surface area contributed by atoms with Gasteiger partial charge in [-0.15, -0.1) is 0 Å². The molecule has 4 heteroatoms. The number of rotatable bonds is 9. The molecule has 1 fully saturated rings. The minimum Gasteiger partial charge on any atom is -0.353 e. The summed E-state index contributed by atoms with van der Waals surface area (Å²) in [6.45, 7) is 12.0. The highest BCUT2D eigenvalue weighted by Gasteiger charge is 2.22. The molecule has 1 saturated heterocycles. The van der Waals surface area contributed by atoms with Gasteiger partial charge in [-0.25, -0.2) is 0 Å². The maximum atomic E-state index is 12.0. The summed E-state index contributed by atoms with van der Waals surface area (Å²) >= 11 is 0. The lowest BCUT2D eigenvalue weighted by molar-refractivity contribution is -0.122. The summed E-state index contributed by atoms with van der Waals surface area (Å²) < 4.78 is 0. The van der Waals surface area contributed by atoms with Gasteiger partial charge in [0, 0.05) is 12.5 Å². The number of piperidine rings is 1. The Balaban J connectivity index is 2.18. The van der Waals surface area contributed by atoms with E-state index < -0.39 is 0 Å². The topological polar surface area (TPSA) is 44.4 Å². The molecule has 1 amide bonds. The van der Waals surface area contributed by atoms with Gasteiger partial charge in [0.1, 0.15) is 0 Å². The fraction of sp³-hybridized carbons (Fsp3) is 0.938. The van der Waals surface area contributed by atoms with Crippen molar-refractivity contribution in [2.75, 3.05) is 32.7 Å². The normalized spacial score (nSPS) is 23.0. The summed E-state index contributed by atoms with van der Waals surface area (Å²) in [7, 11) is 0. The molecule has 2 unspecified atom stereocenters. The second-order valence-electron chi connectivity index (χ2n) is 6.09. The minimum atomic E-state index is 0.233. The van der Waals surface area contributed by atoms with E-state index in [1.165, 1.54) is 12.8 Å². The maximum Gasteiger partial charge on any atom is 0.220 e. The zero-order valence-corrected chi connectivity index (χ0v) is 13.6. The molecule has 1 aliphatic heterocycles. The molecule has 0 spiro atoms. The third kappa shape index (κ3) is 6.71.